The molecule has 0 bridgehead atoms. The van der Waals surface area contributed by atoms with Crippen molar-refractivity contribution < 1.29 is 14.0 Å². The number of benzene rings is 2. The first-order chi connectivity index (χ1) is 9.82. The third-order valence-electron chi connectivity index (χ3n) is 3.48. The zero-order chi connectivity index (χ0) is 13.8. The van der Waals surface area contributed by atoms with Crippen molar-refractivity contribution in [1.29, 1.82) is 0 Å². The molecule has 1 aliphatic heterocycles. The summed E-state index contributed by atoms with van der Waals surface area (Å²) in [7, 11) is -2.85. The molecule has 0 spiro atoms. The molecule has 0 amide bonds. The van der Waals surface area contributed by atoms with Crippen LogP contribution in [0.15, 0.2) is 60.7 Å². The minimum atomic E-state index is -2.85. The van der Waals surface area contributed by atoms with Crippen LogP contribution in [0, 0.1) is 0 Å². The van der Waals surface area contributed by atoms with E-state index in [0.29, 0.717) is 19.8 Å². The summed E-state index contributed by atoms with van der Waals surface area (Å²) in [5.74, 6) is -0.402. The summed E-state index contributed by atoms with van der Waals surface area (Å²) in [4.78, 5) is 0. The summed E-state index contributed by atoms with van der Waals surface area (Å²) in [5, 5.41) is 1.64. The lowest BCUT2D eigenvalue weighted by atomic mass is 10.4. The zero-order valence-corrected chi connectivity index (χ0v) is 12.0. The SMILES string of the molecule is O=P(c1ccccc1)(c1ccccc1)[C@H]1COCCO1. The molecule has 2 aromatic carbocycles. The quantitative estimate of drug-likeness (QED) is 0.813. The van der Waals surface area contributed by atoms with Gasteiger partial charge in [0, 0.05) is 10.6 Å². The first kappa shape index (κ1) is 13.6. The van der Waals surface area contributed by atoms with Crippen LogP contribution >= 0.6 is 7.14 Å². The second kappa shape index (κ2) is 5.92. The van der Waals surface area contributed by atoms with Crippen molar-refractivity contribution in [3.05, 3.63) is 60.7 Å². The van der Waals surface area contributed by atoms with E-state index in [1.54, 1.807) is 0 Å². The molecule has 1 saturated heterocycles. The molecule has 20 heavy (non-hydrogen) atoms. The van der Waals surface area contributed by atoms with Crippen LogP contribution in [0.5, 0.6) is 0 Å². The fourth-order valence-corrected chi connectivity index (χ4v) is 5.29. The molecule has 0 radical (unpaired) electrons. The van der Waals surface area contributed by atoms with Gasteiger partial charge in [-0.25, -0.2) is 0 Å². The Kier molecular flexibility index (Phi) is 4.02. The molecule has 0 N–H and O–H groups in total. The molecule has 3 rings (SSSR count). The van der Waals surface area contributed by atoms with E-state index < -0.39 is 13.0 Å². The lowest BCUT2D eigenvalue weighted by molar-refractivity contribution is -0.0537. The van der Waals surface area contributed by atoms with Crippen LogP contribution in [0.1, 0.15) is 0 Å². The lowest BCUT2D eigenvalue weighted by Crippen LogP contribution is -2.35. The topological polar surface area (TPSA) is 35.5 Å². The third kappa shape index (κ3) is 2.45. The minimum Gasteiger partial charge on any atom is -0.376 e. The normalized spacial score (nSPS) is 19.7. The Morgan fingerprint density at radius 2 is 1.40 bits per heavy atom. The van der Waals surface area contributed by atoms with Crippen molar-refractivity contribution in [1.82, 2.24) is 0 Å². The lowest BCUT2D eigenvalue weighted by Gasteiger charge is -2.31. The molecule has 104 valence electrons. The highest BCUT2D eigenvalue weighted by Gasteiger charge is 2.38. The molecule has 2 aromatic rings. The average Bonchev–Trinajstić information content (AvgIpc) is 2.56. The van der Waals surface area contributed by atoms with Crippen LogP contribution < -0.4 is 10.6 Å². The van der Waals surface area contributed by atoms with E-state index in [9.17, 15) is 4.57 Å². The molecular weight excluding hydrogens is 271 g/mol. The van der Waals surface area contributed by atoms with Crippen LogP contribution in [0.3, 0.4) is 0 Å². The van der Waals surface area contributed by atoms with E-state index in [-0.39, 0.29) is 0 Å². The van der Waals surface area contributed by atoms with Gasteiger partial charge >= 0.3 is 0 Å². The van der Waals surface area contributed by atoms with E-state index >= 15 is 0 Å². The second-order valence-electron chi connectivity index (χ2n) is 4.73. The van der Waals surface area contributed by atoms with Crippen LogP contribution in [-0.2, 0) is 14.0 Å². The predicted molar refractivity (Wildman–Crippen MR) is 80.3 cm³/mol. The Morgan fingerprint density at radius 3 is 1.85 bits per heavy atom. The standard InChI is InChI=1S/C16H17O3P/c17-20(14-7-3-1-4-8-14,15-9-5-2-6-10-15)16-13-18-11-12-19-16/h1-10,16H,11-13H2/t16-/m0/s1. The summed E-state index contributed by atoms with van der Waals surface area (Å²) in [6.45, 7) is 1.44. The van der Waals surface area contributed by atoms with Gasteiger partial charge in [-0.2, -0.15) is 0 Å². The maximum Gasteiger partial charge on any atom is 0.172 e. The van der Waals surface area contributed by atoms with Gasteiger partial charge in [-0.3, -0.25) is 0 Å². The Balaban J connectivity index is 2.10. The molecule has 1 atom stereocenters. The minimum absolute atomic E-state index is 0.376. The summed E-state index contributed by atoms with van der Waals surface area (Å²) in [6, 6.07) is 19.1. The number of ether oxygens (including phenoxy) is 2. The molecule has 1 heterocycles. The Labute approximate surface area is 118 Å². The maximum atomic E-state index is 13.8. The highest BCUT2D eigenvalue weighted by atomic mass is 31.2. The van der Waals surface area contributed by atoms with E-state index in [1.165, 1.54) is 0 Å². The molecular formula is C16H17O3P. The molecule has 1 fully saturated rings. The van der Waals surface area contributed by atoms with Crippen LogP contribution in [-0.4, -0.2) is 25.7 Å². The summed E-state index contributed by atoms with van der Waals surface area (Å²) in [6.07, 6.45) is 0. The average molecular weight is 288 g/mol. The van der Waals surface area contributed by atoms with Gasteiger partial charge in [0.15, 0.2) is 7.14 Å². The van der Waals surface area contributed by atoms with Crippen LogP contribution in [0.4, 0.5) is 0 Å². The number of rotatable bonds is 3. The Bertz CT molecular complexity index is 548. The van der Waals surface area contributed by atoms with Gasteiger partial charge in [0.25, 0.3) is 0 Å². The van der Waals surface area contributed by atoms with Gasteiger partial charge in [0.2, 0.25) is 0 Å². The molecule has 3 nitrogen and oxygen atoms in total. The molecule has 1 aliphatic rings. The predicted octanol–water partition coefficient (Wildman–Crippen LogP) is 2.37. The Hall–Kier alpha value is -1.41. The fraction of sp³-hybridized carbons (Fsp3) is 0.250. The van der Waals surface area contributed by atoms with Crippen molar-refractivity contribution in [2.24, 2.45) is 0 Å². The van der Waals surface area contributed by atoms with Crippen LogP contribution in [0.25, 0.3) is 0 Å². The Morgan fingerprint density at radius 1 is 0.850 bits per heavy atom. The molecule has 0 aliphatic carbocycles. The fourth-order valence-electron chi connectivity index (χ4n) is 2.47. The van der Waals surface area contributed by atoms with Gasteiger partial charge in [-0.1, -0.05) is 60.7 Å². The highest BCUT2D eigenvalue weighted by molar-refractivity contribution is 7.79. The first-order valence-electron chi connectivity index (χ1n) is 6.72. The maximum absolute atomic E-state index is 13.8. The van der Waals surface area contributed by atoms with Crippen molar-refractivity contribution in [2.45, 2.75) is 5.85 Å². The van der Waals surface area contributed by atoms with E-state index in [4.69, 9.17) is 9.47 Å². The second-order valence-corrected chi connectivity index (χ2v) is 7.65. The van der Waals surface area contributed by atoms with Crippen molar-refractivity contribution in [3.8, 4) is 0 Å². The molecule has 0 saturated carbocycles. The third-order valence-corrected chi connectivity index (χ3v) is 6.72. The van der Waals surface area contributed by atoms with Crippen LogP contribution in [0.2, 0.25) is 0 Å². The number of hydrogen-bond acceptors (Lipinski definition) is 3. The van der Waals surface area contributed by atoms with Gasteiger partial charge < -0.3 is 14.0 Å². The summed E-state index contributed by atoms with van der Waals surface area (Å²) >= 11 is 0. The monoisotopic (exact) mass is 288 g/mol. The number of hydrogen-bond donors (Lipinski definition) is 0. The van der Waals surface area contributed by atoms with E-state index in [1.807, 2.05) is 60.7 Å². The van der Waals surface area contributed by atoms with E-state index in [0.717, 1.165) is 10.6 Å². The smallest absolute Gasteiger partial charge is 0.172 e. The van der Waals surface area contributed by atoms with Crippen molar-refractivity contribution >= 4 is 17.8 Å². The van der Waals surface area contributed by atoms with Crippen molar-refractivity contribution in [3.63, 3.8) is 0 Å². The molecule has 0 unspecified atom stereocenters. The van der Waals surface area contributed by atoms with Gasteiger partial charge in [0.1, 0.15) is 5.85 Å². The summed E-state index contributed by atoms with van der Waals surface area (Å²) < 4.78 is 25.0. The largest absolute Gasteiger partial charge is 0.376 e. The molecule has 0 aromatic heterocycles. The molecule has 4 heteroatoms. The van der Waals surface area contributed by atoms with Crippen molar-refractivity contribution in [2.75, 3.05) is 19.8 Å². The van der Waals surface area contributed by atoms with Gasteiger partial charge in [-0.15, -0.1) is 0 Å². The summed E-state index contributed by atoms with van der Waals surface area (Å²) in [5.41, 5.74) is 0. The van der Waals surface area contributed by atoms with Gasteiger partial charge in [-0.05, 0) is 0 Å². The van der Waals surface area contributed by atoms with E-state index in [2.05, 4.69) is 0 Å². The van der Waals surface area contributed by atoms with Gasteiger partial charge in [0.05, 0.1) is 19.8 Å². The zero-order valence-electron chi connectivity index (χ0n) is 11.1. The first-order valence-corrected chi connectivity index (χ1v) is 8.50. The highest BCUT2D eigenvalue weighted by Crippen LogP contribution is 2.49.